The number of hydrogen-bond acceptors (Lipinski definition) is 4. The Morgan fingerprint density at radius 1 is 0.900 bits per heavy atom. The largest absolute Gasteiger partial charge is 0.228 e. The van der Waals surface area contributed by atoms with Gasteiger partial charge in [-0.15, -0.1) is 0 Å². The van der Waals surface area contributed by atoms with Gasteiger partial charge in [0.1, 0.15) is 0 Å². The number of hydrogen-bond donors (Lipinski definition) is 3. The molecule has 1 aliphatic heterocycles. The van der Waals surface area contributed by atoms with Crippen LogP contribution in [-0.4, -0.2) is 24.3 Å². The summed E-state index contributed by atoms with van der Waals surface area (Å²) in [5.74, 6) is 0. The average molecular weight is 303 g/mol. The van der Waals surface area contributed by atoms with Gasteiger partial charge in [0.05, 0.1) is 0 Å². The number of halogens is 1. The molecule has 112 valence electrons. The normalized spacial score (nSPS) is 19.2. The van der Waals surface area contributed by atoms with Crippen molar-refractivity contribution in [3.8, 4) is 0 Å². The van der Waals surface area contributed by atoms with Gasteiger partial charge >= 0.3 is 28.9 Å². The fourth-order valence-electron chi connectivity index (χ4n) is 2.83. The van der Waals surface area contributed by atoms with E-state index in [1.165, 1.54) is 43.2 Å². The first-order chi connectivity index (χ1) is 9.43. The average Bonchev–Trinajstić information content (AvgIpc) is 2.81. The first-order valence-corrected chi connectivity index (χ1v) is 8.08. The monoisotopic (exact) mass is 302 g/mol. The Balaban J connectivity index is 0.000000257. The summed E-state index contributed by atoms with van der Waals surface area (Å²) in [6.45, 7) is 2.32. The Kier molecular flexibility index (Phi) is 5.12. The van der Waals surface area contributed by atoms with Crippen molar-refractivity contribution >= 4 is 5.71 Å². The summed E-state index contributed by atoms with van der Waals surface area (Å²) in [7, 11) is -4.19. The van der Waals surface area contributed by atoms with Gasteiger partial charge in [-0.2, -0.15) is 0 Å². The van der Waals surface area contributed by atoms with E-state index < -0.39 is 10.2 Å². The SMILES string of the molecule is [O-][Cl+](O)(O)O.c1ccc2c(c1)C[N+](=C1CCCCC1)C2. The van der Waals surface area contributed by atoms with E-state index >= 15 is 0 Å². The molecule has 6 heteroatoms. The molecule has 1 saturated carbocycles. The molecule has 0 amide bonds. The molecule has 2 aliphatic rings. The Hall–Kier alpha value is -0.980. The van der Waals surface area contributed by atoms with Crippen LogP contribution >= 0.6 is 0 Å². The summed E-state index contributed by atoms with van der Waals surface area (Å²) < 4.78 is 32.8. The van der Waals surface area contributed by atoms with Gasteiger partial charge in [0.2, 0.25) is 0 Å². The van der Waals surface area contributed by atoms with Crippen LogP contribution in [0.3, 0.4) is 0 Å². The summed E-state index contributed by atoms with van der Waals surface area (Å²) in [5.41, 5.74) is 4.78. The summed E-state index contributed by atoms with van der Waals surface area (Å²) >= 11 is 0. The molecule has 0 saturated heterocycles. The van der Waals surface area contributed by atoms with Crippen LogP contribution in [0.5, 0.6) is 0 Å². The fourth-order valence-corrected chi connectivity index (χ4v) is 2.83. The zero-order valence-electron chi connectivity index (χ0n) is 11.3. The van der Waals surface area contributed by atoms with Gasteiger partial charge < -0.3 is 0 Å². The number of benzene rings is 1. The molecule has 5 nitrogen and oxygen atoms in total. The first kappa shape index (κ1) is 15.4. The Morgan fingerprint density at radius 2 is 1.35 bits per heavy atom. The first-order valence-electron chi connectivity index (χ1n) is 6.76. The molecule has 20 heavy (non-hydrogen) atoms. The van der Waals surface area contributed by atoms with Gasteiger partial charge in [0.15, 0.2) is 18.8 Å². The quantitative estimate of drug-likeness (QED) is 0.600. The molecule has 0 bridgehead atoms. The molecule has 3 rings (SSSR count). The van der Waals surface area contributed by atoms with Gasteiger partial charge in [-0.3, -0.25) is 0 Å². The smallest absolute Gasteiger partial charge is 0.169 e. The molecule has 1 aromatic rings. The van der Waals surface area contributed by atoms with Crippen molar-refractivity contribution in [3.63, 3.8) is 0 Å². The Bertz CT molecular complexity index is 455. The van der Waals surface area contributed by atoms with Crippen molar-refractivity contribution in [2.24, 2.45) is 0 Å². The van der Waals surface area contributed by atoms with E-state index in [1.54, 1.807) is 5.71 Å². The van der Waals surface area contributed by atoms with Crippen LogP contribution in [0.1, 0.15) is 43.2 Å². The van der Waals surface area contributed by atoms with Crippen molar-refractivity contribution in [1.82, 2.24) is 0 Å². The number of rotatable bonds is 0. The predicted molar refractivity (Wildman–Crippen MR) is 68.9 cm³/mol. The van der Waals surface area contributed by atoms with E-state index in [0.29, 0.717) is 0 Å². The van der Waals surface area contributed by atoms with E-state index in [0.717, 1.165) is 13.1 Å². The van der Waals surface area contributed by atoms with E-state index in [4.69, 9.17) is 18.6 Å². The van der Waals surface area contributed by atoms with Crippen LogP contribution in [0.2, 0.25) is 0 Å². The predicted octanol–water partition coefficient (Wildman–Crippen LogP) is 0.258. The van der Waals surface area contributed by atoms with Crippen LogP contribution in [0.15, 0.2) is 24.3 Å². The third-order valence-electron chi connectivity index (χ3n) is 3.72. The molecule has 0 spiro atoms. The van der Waals surface area contributed by atoms with Gasteiger partial charge in [0, 0.05) is 24.0 Å². The number of fused-ring (bicyclic) bond motifs is 1. The zero-order valence-corrected chi connectivity index (χ0v) is 12.1. The van der Waals surface area contributed by atoms with E-state index in [-0.39, 0.29) is 0 Å². The maximum absolute atomic E-state index is 8.83. The van der Waals surface area contributed by atoms with Gasteiger partial charge in [-0.25, -0.2) is 4.58 Å². The van der Waals surface area contributed by atoms with Crippen LogP contribution < -0.4 is 4.66 Å². The van der Waals surface area contributed by atoms with Crippen molar-refractivity contribution in [2.45, 2.75) is 45.2 Å². The topological polar surface area (TPSA) is 86.8 Å². The second-order valence-corrected chi connectivity index (χ2v) is 6.05. The van der Waals surface area contributed by atoms with Crippen molar-refractivity contribution in [2.75, 3.05) is 0 Å². The van der Waals surface area contributed by atoms with Gasteiger partial charge in [0.25, 0.3) is 0 Å². The summed E-state index contributed by atoms with van der Waals surface area (Å²) in [6.07, 6.45) is 6.93. The van der Waals surface area contributed by atoms with Crippen LogP contribution in [0.25, 0.3) is 0 Å². The van der Waals surface area contributed by atoms with Crippen molar-refractivity contribution in [1.29, 1.82) is 0 Å². The van der Waals surface area contributed by atoms with Gasteiger partial charge in [-0.1, -0.05) is 30.7 Å². The molecular formula is C14H21ClNO4+. The number of nitrogens with zero attached hydrogens (tertiary/aromatic N) is 1. The summed E-state index contributed by atoms with van der Waals surface area (Å²) in [4.78, 5) is 0. The van der Waals surface area contributed by atoms with E-state index in [1.807, 2.05) is 0 Å². The molecular weight excluding hydrogens is 282 g/mol. The zero-order chi connectivity index (χ0) is 14.6. The Labute approximate surface area is 120 Å². The maximum Gasteiger partial charge on any atom is 0.169 e. The molecule has 3 N–H and O–H groups in total. The molecule has 0 aromatic heterocycles. The van der Waals surface area contributed by atoms with E-state index in [2.05, 4.69) is 28.8 Å². The molecule has 1 aliphatic carbocycles. The molecule has 0 radical (unpaired) electrons. The Morgan fingerprint density at radius 3 is 1.80 bits per heavy atom. The van der Waals surface area contributed by atoms with Crippen molar-refractivity contribution < 1.29 is 33.5 Å². The minimum atomic E-state index is -4.19. The standard InChI is InChI=1S/C14H18N.ClH3O4/c1-2-8-14(9-3-1)15-10-12-6-4-5-7-13(12)11-15;2-1(3,4)5/h4-7H,1-3,8-11H2;2-4H/q+1;. The van der Waals surface area contributed by atoms with Crippen molar-refractivity contribution in [3.05, 3.63) is 35.4 Å². The van der Waals surface area contributed by atoms with Crippen LogP contribution in [-0.2, 0) is 13.1 Å². The molecule has 1 fully saturated rings. The minimum absolute atomic E-state index is 1.16. The summed E-state index contributed by atoms with van der Waals surface area (Å²) in [6, 6.07) is 8.87. The molecule has 0 unspecified atom stereocenters. The minimum Gasteiger partial charge on any atom is -0.228 e. The second-order valence-electron chi connectivity index (χ2n) is 5.19. The van der Waals surface area contributed by atoms with E-state index in [9.17, 15) is 0 Å². The fraction of sp³-hybridized carbons (Fsp3) is 0.500. The van der Waals surface area contributed by atoms with Crippen LogP contribution in [0.4, 0.5) is 0 Å². The maximum atomic E-state index is 8.83. The molecule has 0 atom stereocenters. The third-order valence-corrected chi connectivity index (χ3v) is 3.72. The molecule has 1 aromatic carbocycles. The third kappa shape index (κ3) is 4.85. The van der Waals surface area contributed by atoms with Crippen LogP contribution in [0, 0.1) is 10.2 Å². The molecule has 1 heterocycles. The summed E-state index contributed by atoms with van der Waals surface area (Å²) in [5, 5.41) is 0. The second kappa shape index (κ2) is 6.65. The van der Waals surface area contributed by atoms with Gasteiger partial charge in [-0.05, 0) is 12.8 Å².